The number of hydrogen-bond acceptors (Lipinski definition) is 3. The third-order valence-corrected chi connectivity index (χ3v) is 4.28. The Balaban J connectivity index is 2.58. The third-order valence-electron chi connectivity index (χ3n) is 2.98. The molecule has 0 saturated heterocycles. The van der Waals surface area contributed by atoms with Gasteiger partial charge in [0.2, 0.25) is 0 Å². The number of thiophene rings is 1. The Bertz CT molecular complexity index is 465. The van der Waals surface area contributed by atoms with Crippen LogP contribution in [0.3, 0.4) is 0 Å². The summed E-state index contributed by atoms with van der Waals surface area (Å²) in [6.45, 7) is 2.13. The lowest BCUT2D eigenvalue weighted by Crippen LogP contribution is -2.21. The standard InChI is InChI=1S/C11H14N2O2S/c1-5-2-3-7-6(4-5)8(10(12)14)9(16-7)11(13)15/h5H,2-4H2,1H3,(H2,12,14)(H2,13,15). The van der Waals surface area contributed by atoms with E-state index < -0.39 is 11.8 Å². The molecule has 0 spiro atoms. The number of amides is 2. The van der Waals surface area contributed by atoms with Crippen molar-refractivity contribution < 1.29 is 9.59 Å². The molecule has 1 aromatic rings. The molecule has 1 aliphatic carbocycles. The predicted octanol–water partition coefficient (Wildman–Crippen LogP) is 1.07. The molecule has 2 rings (SSSR count). The molecule has 1 aliphatic rings. The Morgan fingerprint density at radius 3 is 2.56 bits per heavy atom. The Labute approximate surface area is 97.6 Å². The lowest BCUT2D eigenvalue weighted by molar-refractivity contribution is 0.0969. The first kappa shape index (κ1) is 11.1. The minimum atomic E-state index is -0.555. The second-order valence-corrected chi connectivity index (χ2v) is 5.39. The van der Waals surface area contributed by atoms with E-state index in [1.54, 1.807) is 0 Å². The maximum absolute atomic E-state index is 11.4. The SMILES string of the molecule is CC1CCc2sc(C(N)=O)c(C(N)=O)c2C1. The lowest BCUT2D eigenvalue weighted by Gasteiger charge is -2.18. The second-order valence-electron chi connectivity index (χ2n) is 4.28. The van der Waals surface area contributed by atoms with Crippen LogP contribution in [0.2, 0.25) is 0 Å². The van der Waals surface area contributed by atoms with Gasteiger partial charge in [-0.3, -0.25) is 9.59 Å². The Morgan fingerprint density at radius 1 is 1.31 bits per heavy atom. The molecule has 0 bridgehead atoms. The van der Waals surface area contributed by atoms with Crippen molar-refractivity contribution in [2.24, 2.45) is 17.4 Å². The summed E-state index contributed by atoms with van der Waals surface area (Å²) in [5, 5.41) is 0. The molecule has 4 nitrogen and oxygen atoms in total. The first-order valence-electron chi connectivity index (χ1n) is 5.24. The van der Waals surface area contributed by atoms with Gasteiger partial charge in [0, 0.05) is 4.88 Å². The Kier molecular flexibility index (Phi) is 2.71. The minimum absolute atomic E-state index is 0.326. The van der Waals surface area contributed by atoms with E-state index in [4.69, 9.17) is 11.5 Å². The summed E-state index contributed by atoms with van der Waals surface area (Å²) in [4.78, 5) is 24.1. The largest absolute Gasteiger partial charge is 0.366 e. The maximum atomic E-state index is 11.4. The van der Waals surface area contributed by atoms with Crippen LogP contribution in [0.4, 0.5) is 0 Å². The quantitative estimate of drug-likeness (QED) is 0.807. The van der Waals surface area contributed by atoms with Gasteiger partial charge >= 0.3 is 0 Å². The normalized spacial score (nSPS) is 19.2. The fourth-order valence-electron chi connectivity index (χ4n) is 2.19. The second kappa shape index (κ2) is 3.90. The highest BCUT2D eigenvalue weighted by atomic mass is 32.1. The molecule has 16 heavy (non-hydrogen) atoms. The van der Waals surface area contributed by atoms with Crippen LogP contribution in [0.25, 0.3) is 0 Å². The Morgan fingerprint density at radius 2 is 2.00 bits per heavy atom. The van der Waals surface area contributed by atoms with Gasteiger partial charge in [0.1, 0.15) is 4.88 Å². The van der Waals surface area contributed by atoms with Crippen LogP contribution in [-0.2, 0) is 12.8 Å². The van der Waals surface area contributed by atoms with Crippen LogP contribution < -0.4 is 11.5 Å². The van der Waals surface area contributed by atoms with Gasteiger partial charge in [0.25, 0.3) is 11.8 Å². The lowest BCUT2D eigenvalue weighted by atomic mass is 9.87. The van der Waals surface area contributed by atoms with Crippen molar-refractivity contribution >= 4 is 23.2 Å². The number of hydrogen-bond donors (Lipinski definition) is 2. The molecule has 0 aromatic carbocycles. The predicted molar refractivity (Wildman–Crippen MR) is 62.5 cm³/mol. The summed E-state index contributed by atoms with van der Waals surface area (Å²) < 4.78 is 0. The highest BCUT2D eigenvalue weighted by molar-refractivity contribution is 7.14. The fourth-order valence-corrected chi connectivity index (χ4v) is 3.39. The van der Waals surface area contributed by atoms with E-state index in [1.807, 2.05) is 0 Å². The van der Waals surface area contributed by atoms with Crippen molar-refractivity contribution in [1.29, 1.82) is 0 Å². The van der Waals surface area contributed by atoms with Crippen molar-refractivity contribution in [3.63, 3.8) is 0 Å². The van der Waals surface area contributed by atoms with Gasteiger partial charge in [-0.1, -0.05) is 6.92 Å². The van der Waals surface area contributed by atoms with Gasteiger partial charge in [-0.2, -0.15) is 0 Å². The average Bonchev–Trinajstić information content (AvgIpc) is 2.55. The molecule has 0 aliphatic heterocycles. The number of aryl methyl sites for hydroxylation is 1. The van der Waals surface area contributed by atoms with E-state index in [-0.39, 0.29) is 0 Å². The van der Waals surface area contributed by atoms with E-state index in [2.05, 4.69) is 6.92 Å². The molecular weight excluding hydrogens is 224 g/mol. The first-order chi connectivity index (χ1) is 7.50. The van der Waals surface area contributed by atoms with Crippen molar-refractivity contribution in [2.45, 2.75) is 26.2 Å². The average molecular weight is 238 g/mol. The van der Waals surface area contributed by atoms with Crippen LogP contribution in [0.1, 0.15) is 43.8 Å². The molecule has 5 heteroatoms. The fraction of sp³-hybridized carbons (Fsp3) is 0.455. The summed E-state index contributed by atoms with van der Waals surface area (Å²) in [6, 6.07) is 0. The summed E-state index contributed by atoms with van der Waals surface area (Å²) in [5.74, 6) is -0.567. The zero-order valence-electron chi connectivity index (χ0n) is 9.08. The zero-order valence-corrected chi connectivity index (χ0v) is 9.89. The summed E-state index contributed by atoms with van der Waals surface area (Å²) in [5.41, 5.74) is 11.9. The molecular formula is C11H14N2O2S. The van der Waals surface area contributed by atoms with Crippen LogP contribution >= 0.6 is 11.3 Å². The van der Waals surface area contributed by atoms with Gasteiger partial charge in [-0.25, -0.2) is 0 Å². The van der Waals surface area contributed by atoms with Gasteiger partial charge in [-0.05, 0) is 30.7 Å². The minimum Gasteiger partial charge on any atom is -0.366 e. The topological polar surface area (TPSA) is 86.2 Å². The van der Waals surface area contributed by atoms with Crippen LogP contribution in [0, 0.1) is 5.92 Å². The molecule has 2 amide bonds. The number of fused-ring (bicyclic) bond motifs is 1. The van der Waals surface area contributed by atoms with Crippen molar-refractivity contribution in [3.05, 3.63) is 20.9 Å². The van der Waals surface area contributed by atoms with E-state index in [0.29, 0.717) is 16.4 Å². The number of carbonyl (C=O) groups is 2. The van der Waals surface area contributed by atoms with Gasteiger partial charge in [0.15, 0.2) is 0 Å². The molecule has 1 atom stereocenters. The highest BCUT2D eigenvalue weighted by Gasteiger charge is 2.28. The van der Waals surface area contributed by atoms with E-state index in [1.165, 1.54) is 11.3 Å². The third kappa shape index (κ3) is 1.71. The molecule has 0 fully saturated rings. The van der Waals surface area contributed by atoms with Gasteiger partial charge in [-0.15, -0.1) is 11.3 Å². The smallest absolute Gasteiger partial charge is 0.259 e. The van der Waals surface area contributed by atoms with E-state index in [0.717, 1.165) is 29.7 Å². The summed E-state index contributed by atoms with van der Waals surface area (Å²) in [7, 11) is 0. The molecule has 1 unspecified atom stereocenters. The van der Waals surface area contributed by atoms with Crippen LogP contribution in [0.15, 0.2) is 0 Å². The molecule has 4 N–H and O–H groups in total. The molecule has 86 valence electrons. The number of rotatable bonds is 2. The molecule has 1 heterocycles. The van der Waals surface area contributed by atoms with E-state index in [9.17, 15) is 9.59 Å². The van der Waals surface area contributed by atoms with Crippen molar-refractivity contribution in [2.75, 3.05) is 0 Å². The molecule has 0 saturated carbocycles. The van der Waals surface area contributed by atoms with Gasteiger partial charge < -0.3 is 11.5 Å². The maximum Gasteiger partial charge on any atom is 0.259 e. The Hall–Kier alpha value is -1.36. The highest BCUT2D eigenvalue weighted by Crippen LogP contribution is 2.35. The van der Waals surface area contributed by atoms with Crippen molar-refractivity contribution in [1.82, 2.24) is 0 Å². The first-order valence-corrected chi connectivity index (χ1v) is 6.06. The molecule has 1 aromatic heterocycles. The zero-order chi connectivity index (χ0) is 11.9. The monoisotopic (exact) mass is 238 g/mol. The summed E-state index contributed by atoms with van der Waals surface area (Å²) >= 11 is 1.33. The molecule has 0 radical (unpaired) electrons. The van der Waals surface area contributed by atoms with Gasteiger partial charge in [0.05, 0.1) is 5.56 Å². The van der Waals surface area contributed by atoms with Crippen LogP contribution in [0.5, 0.6) is 0 Å². The number of carbonyl (C=O) groups excluding carboxylic acids is 2. The van der Waals surface area contributed by atoms with Crippen LogP contribution in [-0.4, -0.2) is 11.8 Å². The number of primary amides is 2. The number of nitrogens with two attached hydrogens (primary N) is 2. The van der Waals surface area contributed by atoms with E-state index >= 15 is 0 Å². The van der Waals surface area contributed by atoms with Crippen molar-refractivity contribution in [3.8, 4) is 0 Å². The summed E-state index contributed by atoms with van der Waals surface area (Å²) in [6.07, 6.45) is 2.82.